The Bertz CT molecular complexity index is 366. The number of benzene rings is 1. The molecule has 1 rings (SSSR count). The van der Waals surface area contributed by atoms with E-state index in [1.807, 2.05) is 12.5 Å². The second kappa shape index (κ2) is 4.96. The summed E-state index contributed by atoms with van der Waals surface area (Å²) < 4.78 is 0. The summed E-state index contributed by atoms with van der Waals surface area (Å²) in [7, 11) is 0. The summed E-state index contributed by atoms with van der Waals surface area (Å²) in [4.78, 5) is 12.6. The van der Waals surface area contributed by atoms with Crippen LogP contribution in [-0.4, -0.2) is 23.6 Å². The molecule has 0 atom stereocenters. The van der Waals surface area contributed by atoms with Crippen LogP contribution in [0.3, 0.4) is 0 Å². The Balaban J connectivity index is 3.31. The Morgan fingerprint density at radius 1 is 1.36 bits per heavy atom. The summed E-state index contributed by atoms with van der Waals surface area (Å²) in [6, 6.07) is 3.13. The zero-order valence-corrected chi connectivity index (χ0v) is 10.1. The van der Waals surface area contributed by atoms with E-state index in [-0.39, 0.29) is 5.56 Å². The first-order valence-electron chi connectivity index (χ1n) is 3.75. The molecule has 0 aromatic heterocycles. The van der Waals surface area contributed by atoms with Crippen molar-refractivity contribution >= 4 is 41.1 Å². The van der Waals surface area contributed by atoms with Crippen LogP contribution in [0.5, 0.6) is 0 Å². The molecule has 5 heteroatoms. The second-order valence-corrected chi connectivity index (χ2v) is 4.57. The molecule has 14 heavy (non-hydrogen) atoms. The van der Waals surface area contributed by atoms with Crippen molar-refractivity contribution in [2.45, 2.75) is 9.79 Å². The van der Waals surface area contributed by atoms with Gasteiger partial charge in [0, 0.05) is 9.79 Å². The number of aromatic carboxylic acids is 1. The van der Waals surface area contributed by atoms with Gasteiger partial charge in [0.05, 0.1) is 10.6 Å². The predicted octanol–water partition coefficient (Wildman–Crippen LogP) is 3.48. The van der Waals surface area contributed by atoms with Crippen molar-refractivity contribution in [3.05, 3.63) is 22.7 Å². The van der Waals surface area contributed by atoms with Crippen LogP contribution in [-0.2, 0) is 0 Å². The summed E-state index contributed by atoms with van der Waals surface area (Å²) in [5.41, 5.74) is 0.233. The first-order valence-corrected chi connectivity index (χ1v) is 6.57. The third-order valence-corrected chi connectivity index (χ3v) is 3.83. The van der Waals surface area contributed by atoms with E-state index < -0.39 is 5.97 Å². The van der Waals surface area contributed by atoms with Crippen molar-refractivity contribution in [2.75, 3.05) is 12.5 Å². The second-order valence-electron chi connectivity index (χ2n) is 2.50. The molecule has 0 radical (unpaired) electrons. The summed E-state index contributed by atoms with van der Waals surface area (Å²) in [6.45, 7) is 0. The maximum absolute atomic E-state index is 10.7. The third kappa shape index (κ3) is 2.38. The van der Waals surface area contributed by atoms with E-state index >= 15 is 0 Å². The van der Waals surface area contributed by atoms with Gasteiger partial charge in [0.1, 0.15) is 0 Å². The van der Waals surface area contributed by atoms with Crippen LogP contribution in [0.2, 0.25) is 5.02 Å². The van der Waals surface area contributed by atoms with Crippen LogP contribution in [0.4, 0.5) is 0 Å². The van der Waals surface area contributed by atoms with Crippen molar-refractivity contribution < 1.29 is 9.90 Å². The molecule has 0 amide bonds. The molecule has 0 fully saturated rings. The molecule has 76 valence electrons. The average molecular weight is 249 g/mol. The molecular formula is C9H9ClO2S2. The number of hydrogen-bond acceptors (Lipinski definition) is 3. The Hall–Kier alpha value is -0.320. The van der Waals surface area contributed by atoms with Crippen molar-refractivity contribution in [3.8, 4) is 0 Å². The SMILES string of the molecule is CSc1cc(C(=O)O)cc(Cl)c1SC. The van der Waals surface area contributed by atoms with Crippen molar-refractivity contribution in [1.29, 1.82) is 0 Å². The standard InChI is InChI=1S/C9H9ClO2S2/c1-13-7-4-5(9(11)12)3-6(10)8(7)14-2/h3-4H,1-2H3,(H,11,12). The van der Waals surface area contributed by atoms with Gasteiger partial charge in [0.15, 0.2) is 0 Å². The number of halogens is 1. The lowest BCUT2D eigenvalue weighted by Gasteiger charge is -2.07. The number of rotatable bonds is 3. The maximum atomic E-state index is 10.7. The molecule has 0 spiro atoms. The topological polar surface area (TPSA) is 37.3 Å². The van der Waals surface area contributed by atoms with Crippen molar-refractivity contribution in [2.24, 2.45) is 0 Å². The highest BCUT2D eigenvalue weighted by Crippen LogP contribution is 2.35. The number of carboxylic acid groups (broad SMARTS) is 1. The van der Waals surface area contributed by atoms with Gasteiger partial charge in [-0.3, -0.25) is 0 Å². The van der Waals surface area contributed by atoms with Crippen molar-refractivity contribution in [3.63, 3.8) is 0 Å². The van der Waals surface area contributed by atoms with Crippen LogP contribution < -0.4 is 0 Å². The van der Waals surface area contributed by atoms with Gasteiger partial charge in [-0.25, -0.2) is 4.79 Å². The average Bonchev–Trinajstić information content (AvgIpc) is 2.16. The Kier molecular flexibility index (Phi) is 4.16. The van der Waals surface area contributed by atoms with E-state index in [0.29, 0.717) is 5.02 Å². The minimum absolute atomic E-state index is 0.233. The van der Waals surface area contributed by atoms with Gasteiger partial charge in [0.25, 0.3) is 0 Å². The van der Waals surface area contributed by atoms with Gasteiger partial charge < -0.3 is 5.11 Å². The van der Waals surface area contributed by atoms with E-state index in [1.165, 1.54) is 29.6 Å². The molecule has 0 unspecified atom stereocenters. The smallest absolute Gasteiger partial charge is 0.335 e. The van der Waals surface area contributed by atoms with Crippen LogP contribution in [0.25, 0.3) is 0 Å². The highest BCUT2D eigenvalue weighted by molar-refractivity contribution is 8.01. The van der Waals surface area contributed by atoms with Crippen LogP contribution in [0.15, 0.2) is 21.9 Å². The molecular weight excluding hydrogens is 240 g/mol. The van der Waals surface area contributed by atoms with Gasteiger partial charge in [-0.05, 0) is 24.6 Å². The zero-order chi connectivity index (χ0) is 10.7. The summed E-state index contributed by atoms with van der Waals surface area (Å²) in [5, 5.41) is 9.32. The minimum Gasteiger partial charge on any atom is -0.478 e. The monoisotopic (exact) mass is 248 g/mol. The quantitative estimate of drug-likeness (QED) is 0.831. The van der Waals surface area contributed by atoms with Gasteiger partial charge in [-0.2, -0.15) is 0 Å². The van der Waals surface area contributed by atoms with Gasteiger partial charge in [-0.15, -0.1) is 23.5 Å². The molecule has 1 N–H and O–H groups in total. The number of thioether (sulfide) groups is 2. The van der Waals surface area contributed by atoms with E-state index in [4.69, 9.17) is 16.7 Å². The number of hydrogen-bond donors (Lipinski definition) is 1. The molecule has 0 saturated heterocycles. The fourth-order valence-electron chi connectivity index (χ4n) is 1.04. The molecule has 0 aliphatic carbocycles. The molecule has 0 heterocycles. The lowest BCUT2D eigenvalue weighted by molar-refractivity contribution is 0.0696. The van der Waals surface area contributed by atoms with Crippen molar-refractivity contribution in [1.82, 2.24) is 0 Å². The van der Waals surface area contributed by atoms with E-state index in [9.17, 15) is 4.79 Å². The Morgan fingerprint density at radius 3 is 2.43 bits per heavy atom. The molecule has 0 bridgehead atoms. The zero-order valence-electron chi connectivity index (χ0n) is 7.70. The Labute approximate surface area is 96.0 Å². The maximum Gasteiger partial charge on any atom is 0.335 e. The fraction of sp³-hybridized carbons (Fsp3) is 0.222. The largest absolute Gasteiger partial charge is 0.478 e. The number of carboxylic acids is 1. The third-order valence-electron chi connectivity index (χ3n) is 1.68. The number of carbonyl (C=O) groups is 1. The molecule has 2 nitrogen and oxygen atoms in total. The van der Waals surface area contributed by atoms with Crippen LogP contribution in [0.1, 0.15) is 10.4 Å². The molecule has 0 saturated carbocycles. The lowest BCUT2D eigenvalue weighted by atomic mass is 10.2. The summed E-state index contributed by atoms with van der Waals surface area (Å²) in [6.07, 6.45) is 3.82. The minimum atomic E-state index is -0.949. The normalized spacial score (nSPS) is 10.2. The summed E-state index contributed by atoms with van der Waals surface area (Å²) >= 11 is 8.98. The summed E-state index contributed by atoms with van der Waals surface area (Å²) in [5.74, 6) is -0.949. The van der Waals surface area contributed by atoms with Gasteiger partial charge in [0.2, 0.25) is 0 Å². The molecule has 0 aliphatic rings. The molecule has 1 aromatic carbocycles. The van der Waals surface area contributed by atoms with E-state index in [0.717, 1.165) is 9.79 Å². The van der Waals surface area contributed by atoms with Gasteiger partial charge >= 0.3 is 5.97 Å². The van der Waals surface area contributed by atoms with Crippen LogP contribution >= 0.6 is 35.1 Å². The highest BCUT2D eigenvalue weighted by atomic mass is 35.5. The molecule has 0 aliphatic heterocycles. The highest BCUT2D eigenvalue weighted by Gasteiger charge is 2.11. The fourth-order valence-corrected chi connectivity index (χ4v) is 3.10. The van der Waals surface area contributed by atoms with Gasteiger partial charge in [-0.1, -0.05) is 11.6 Å². The molecule has 1 aromatic rings. The first kappa shape index (κ1) is 11.8. The lowest BCUT2D eigenvalue weighted by Crippen LogP contribution is -1.97. The Morgan fingerprint density at radius 2 is 2.00 bits per heavy atom. The van der Waals surface area contributed by atoms with Crippen LogP contribution in [0, 0.1) is 0 Å². The van der Waals surface area contributed by atoms with E-state index in [1.54, 1.807) is 6.07 Å². The van der Waals surface area contributed by atoms with E-state index in [2.05, 4.69) is 0 Å². The predicted molar refractivity (Wildman–Crippen MR) is 62.0 cm³/mol. The first-order chi connectivity index (χ1) is 6.60.